The molecule has 0 aromatic rings. The first kappa shape index (κ1) is 97.3. The lowest BCUT2D eigenvalue weighted by Gasteiger charge is -2.30. The summed E-state index contributed by atoms with van der Waals surface area (Å²) in [5, 5.41) is 45.3. The minimum Gasteiger partial charge on any atom is -0.480 e. The van der Waals surface area contributed by atoms with Crippen molar-refractivity contribution in [3.8, 4) is 0 Å². The maximum atomic E-state index is 14.9. The van der Waals surface area contributed by atoms with Gasteiger partial charge in [-0.05, 0) is 168 Å². The van der Waals surface area contributed by atoms with Gasteiger partial charge in [0.05, 0.1) is 6.10 Å². The molecule has 0 saturated carbocycles. The Kier molecular flexibility index (Phi) is 48.4. The number of nitrogens with one attached hydrogen (secondary N) is 10. The number of guanidine groups is 5. The minimum atomic E-state index is -1.58. The first-order valence-electron chi connectivity index (χ1n) is 36.7. The first-order chi connectivity index (χ1) is 52.1. The molecule has 1 heterocycles. The third kappa shape index (κ3) is 41.6. The molecule has 0 bridgehead atoms. The van der Waals surface area contributed by atoms with Gasteiger partial charge in [0.2, 0.25) is 70.9 Å². The van der Waals surface area contributed by atoms with Crippen LogP contribution in [0.3, 0.4) is 0 Å². The van der Waals surface area contributed by atoms with Crippen LogP contribution < -0.4 is 139 Å². The summed E-state index contributed by atoms with van der Waals surface area (Å²) in [4.78, 5) is 202. The van der Waals surface area contributed by atoms with Crippen LogP contribution in [0.1, 0.15) is 155 Å². The van der Waals surface area contributed by atoms with Gasteiger partial charge in [0.15, 0.2) is 29.8 Å². The van der Waals surface area contributed by atoms with E-state index < -0.39 is 162 Å². The molecule has 0 aliphatic carbocycles. The first-order valence-corrected chi connectivity index (χ1v) is 36.7. The van der Waals surface area contributed by atoms with E-state index in [1.165, 1.54) is 11.8 Å². The predicted molar refractivity (Wildman–Crippen MR) is 409 cm³/mol. The highest BCUT2D eigenvalue weighted by Gasteiger charge is 2.40. The van der Waals surface area contributed by atoms with Crippen LogP contribution in [0.2, 0.25) is 0 Å². The fourth-order valence-corrected chi connectivity index (χ4v) is 11.1. The molecular formula is C64H123N31O15. The van der Waals surface area contributed by atoms with E-state index >= 15 is 0 Å². The number of hydrogen-bond acceptors (Lipinski definition) is 23. The lowest BCUT2D eigenvalue weighted by Crippen LogP contribution is -2.60. The number of aliphatic hydroxyl groups excluding tert-OH is 1. The number of likely N-dealkylation sites (tertiary alicyclic amines) is 1. The molecule has 46 nitrogen and oxygen atoms in total. The van der Waals surface area contributed by atoms with Crippen molar-refractivity contribution in [3.63, 3.8) is 0 Å². The molecule has 1 aliphatic heterocycles. The van der Waals surface area contributed by atoms with E-state index in [2.05, 4.69) is 78.1 Å². The zero-order valence-electron chi connectivity index (χ0n) is 62.8. The zero-order valence-corrected chi connectivity index (χ0v) is 62.8. The number of nitrogens with zero attached hydrogens (tertiary/aromatic N) is 6. The van der Waals surface area contributed by atoms with Crippen molar-refractivity contribution in [2.24, 2.45) is 111 Å². The Labute approximate surface area is 638 Å². The van der Waals surface area contributed by atoms with Crippen LogP contribution in [-0.2, 0) is 62.3 Å². The van der Waals surface area contributed by atoms with Crippen molar-refractivity contribution in [1.82, 2.24) is 58.1 Å². The summed E-state index contributed by atoms with van der Waals surface area (Å²) in [7, 11) is 0. The summed E-state index contributed by atoms with van der Waals surface area (Å²) < 4.78 is 0. The molecular weight excluding hydrogens is 1440 g/mol. The second-order valence-electron chi connectivity index (χ2n) is 26.2. The number of rotatable bonds is 58. The van der Waals surface area contributed by atoms with Crippen molar-refractivity contribution in [2.75, 3.05) is 65.4 Å². The van der Waals surface area contributed by atoms with E-state index in [-0.39, 0.29) is 204 Å². The predicted octanol–water partition coefficient (Wildman–Crippen LogP) is -11.8. The molecule has 1 saturated heterocycles. The molecule has 1 rings (SSSR count). The van der Waals surface area contributed by atoms with Crippen molar-refractivity contribution in [2.45, 2.75) is 227 Å². The largest absolute Gasteiger partial charge is 0.480 e. The van der Waals surface area contributed by atoms with Crippen LogP contribution in [0.5, 0.6) is 0 Å². The lowest BCUT2D eigenvalue weighted by molar-refractivity contribution is -0.142. The van der Waals surface area contributed by atoms with E-state index in [0.29, 0.717) is 25.7 Å². The Hall–Kier alpha value is -10.7. The average molecular weight is 1570 g/mol. The molecule has 0 unspecified atom stereocenters. The van der Waals surface area contributed by atoms with E-state index in [9.17, 15) is 72.5 Å². The number of hydrogen-bond donors (Lipinski definition) is 27. The third-order valence-corrected chi connectivity index (χ3v) is 17.0. The molecule has 624 valence electrons. The van der Waals surface area contributed by atoms with E-state index in [1.807, 2.05) is 0 Å². The van der Waals surface area contributed by atoms with Crippen LogP contribution in [0.4, 0.5) is 0 Å². The highest BCUT2D eigenvalue weighted by molar-refractivity contribution is 5.99. The number of carbonyl (C=O) groups excluding carboxylic acids is 12. The van der Waals surface area contributed by atoms with Crippen LogP contribution in [0.25, 0.3) is 0 Å². The number of unbranched alkanes of at least 4 members (excludes halogenated alkanes) is 3. The van der Waals surface area contributed by atoms with Gasteiger partial charge in [-0.1, -0.05) is 0 Å². The zero-order chi connectivity index (χ0) is 82.8. The smallest absolute Gasteiger partial charge is 0.322 e. The molecule has 0 aromatic heterocycles. The molecule has 12 atom stereocenters. The number of carbonyl (C=O) groups is 13. The highest BCUT2D eigenvalue weighted by Crippen LogP contribution is 2.20. The number of primary amides is 1. The number of aliphatic imine (C=N–C) groups is 5. The lowest BCUT2D eigenvalue weighted by atomic mass is 10.0. The van der Waals surface area contributed by atoms with Gasteiger partial charge in [-0.3, -0.25) is 87.3 Å². The molecule has 0 spiro atoms. The summed E-state index contributed by atoms with van der Waals surface area (Å²) >= 11 is 0. The van der Waals surface area contributed by atoms with Crippen LogP contribution in [0.15, 0.2) is 25.0 Å². The highest BCUT2D eigenvalue weighted by atomic mass is 16.4. The normalized spacial score (nSPS) is 15.3. The Morgan fingerprint density at radius 2 is 0.636 bits per heavy atom. The van der Waals surface area contributed by atoms with Crippen molar-refractivity contribution in [3.05, 3.63) is 0 Å². The topological polar surface area (TPSA) is 838 Å². The van der Waals surface area contributed by atoms with Gasteiger partial charge >= 0.3 is 5.97 Å². The molecule has 0 aromatic carbocycles. The number of aliphatic hydroxyl groups is 1. The maximum Gasteiger partial charge on any atom is 0.322 e. The Bertz CT molecular complexity index is 3100. The number of nitrogens with two attached hydrogens (primary N) is 15. The SMILES string of the molecule is C[C@@H](O)[C@H](N)C(=O)N1CCC[C@H]1C(=O)N[C@@H](CCC(N)=O)C(=O)N[C@@H](CCCN=C(N)N)C(=O)N[C@H](CCCCN)C(=O)N[C@@H](CCCN=C(N)N)C(=O)N[C@@H](CCCN=C(N)N)C(=O)N[C@@H](CCCN=C(N)N)C(=O)N[C@@H](CCCCN)C(=O)N[C@@H](CCCCN)C(=O)N[C@@H](CCCN=C(N)N)C(=O)NCC(=O)O. The maximum absolute atomic E-state index is 14.9. The molecule has 42 N–H and O–H groups in total. The second-order valence-corrected chi connectivity index (χ2v) is 26.2. The van der Waals surface area contributed by atoms with Gasteiger partial charge in [0, 0.05) is 45.7 Å². The Morgan fingerprint density at radius 3 is 0.873 bits per heavy atom. The summed E-state index contributed by atoms with van der Waals surface area (Å²) in [6.07, 6.45) is -0.721. The van der Waals surface area contributed by atoms with Crippen molar-refractivity contribution < 1.29 is 72.5 Å². The molecule has 1 aliphatic rings. The standard InChI is InChI=1S/C64H123N31O15/c1-35(96)48(69)59(110)95-33-13-22-45(95)58(109)94-44(23-24-46(68)97)57(108)93-43(21-12-32-84-64(78)79)54(105)89-39(16-4-7-27-67)52(103)90-41(19-10-30-82-62(74)75)55(106)92-42(20-11-31-83-63(76)77)56(107)91-40(18-9-29-81-61(72)73)53(104)88-38(15-3-6-26-66)51(102)87-37(14-2-5-25-65)50(101)86-36(17-8-28-80-60(70)71)49(100)85-34-47(98)99/h35-45,48,96H,2-34,65-67,69H2,1H3,(H2,68,97)(H,85,100)(H,86,101)(H,87,102)(H,88,104)(H,89,105)(H,90,103)(H,91,107)(H,92,106)(H,93,108)(H,94,109)(H,98,99)(H4,70,71,80)(H4,72,73,81)(H4,74,75,82)(H4,76,77,83)(H4,78,79,84)/t35-,36+,37+,38+,39-,40+,41+,42+,43+,44+,45+,48+/m1/s1. The molecule has 46 heteroatoms. The summed E-state index contributed by atoms with van der Waals surface area (Å²) in [5.41, 5.74) is 84.7. The number of carboxylic acid groups (broad SMARTS) is 1. The van der Waals surface area contributed by atoms with Gasteiger partial charge in [-0.15, -0.1) is 0 Å². The quantitative estimate of drug-likeness (QED) is 0.0153. The van der Waals surface area contributed by atoms with Crippen molar-refractivity contribution in [1.29, 1.82) is 0 Å². The fourth-order valence-electron chi connectivity index (χ4n) is 11.1. The van der Waals surface area contributed by atoms with Gasteiger partial charge in [-0.2, -0.15) is 0 Å². The Balaban J connectivity index is 3.99. The summed E-state index contributed by atoms with van der Waals surface area (Å²) in [5.74, 6) is -13.7. The van der Waals surface area contributed by atoms with Gasteiger partial charge < -0.3 is 154 Å². The van der Waals surface area contributed by atoms with E-state index in [0.717, 1.165) is 0 Å². The summed E-state index contributed by atoms with van der Waals surface area (Å²) in [6, 6.07) is -15.9. The molecule has 0 radical (unpaired) electrons. The number of amides is 12. The molecule has 110 heavy (non-hydrogen) atoms. The average Bonchev–Trinajstić information content (AvgIpc) is 1.67. The van der Waals surface area contributed by atoms with Crippen LogP contribution in [0, 0.1) is 0 Å². The van der Waals surface area contributed by atoms with Gasteiger partial charge in [0.25, 0.3) is 0 Å². The van der Waals surface area contributed by atoms with Crippen LogP contribution in [-0.4, -0.2) is 260 Å². The molecule has 1 fully saturated rings. The minimum absolute atomic E-state index is 0.00552. The third-order valence-electron chi connectivity index (χ3n) is 17.0. The second kappa shape index (κ2) is 54.8. The molecule has 12 amide bonds. The Morgan fingerprint density at radius 1 is 0.382 bits per heavy atom. The fraction of sp³-hybridized carbons (Fsp3) is 0.719. The number of carboxylic acids is 1. The van der Waals surface area contributed by atoms with E-state index in [1.54, 1.807) is 0 Å². The van der Waals surface area contributed by atoms with E-state index in [4.69, 9.17) is 86.0 Å². The van der Waals surface area contributed by atoms with Crippen LogP contribution >= 0.6 is 0 Å². The summed E-state index contributed by atoms with van der Waals surface area (Å²) in [6.45, 7) is 0.869. The van der Waals surface area contributed by atoms with Crippen molar-refractivity contribution >= 4 is 107 Å². The van der Waals surface area contributed by atoms with Gasteiger partial charge in [-0.25, -0.2) is 0 Å². The van der Waals surface area contributed by atoms with Gasteiger partial charge in [0.1, 0.15) is 73.0 Å². The number of aliphatic carboxylic acids is 1. The monoisotopic (exact) mass is 1570 g/mol.